The number of carbonyl (C=O) groups is 1. The van der Waals surface area contributed by atoms with E-state index in [9.17, 15) is 4.79 Å². The van der Waals surface area contributed by atoms with E-state index in [0.717, 1.165) is 68.1 Å². The van der Waals surface area contributed by atoms with Crippen molar-refractivity contribution in [2.45, 2.75) is 45.6 Å². The Morgan fingerprint density at radius 3 is 3.11 bits per heavy atom. The van der Waals surface area contributed by atoms with Crippen LogP contribution in [-0.2, 0) is 13.0 Å². The van der Waals surface area contributed by atoms with Gasteiger partial charge in [-0.3, -0.25) is 9.69 Å². The molecule has 0 aliphatic carbocycles. The Kier molecular flexibility index (Phi) is 5.43. The molecule has 1 unspecified atom stereocenters. The number of rotatable bonds is 7. The lowest BCUT2D eigenvalue weighted by atomic mass is 9.90. The van der Waals surface area contributed by atoms with Gasteiger partial charge in [-0.2, -0.15) is 0 Å². The van der Waals surface area contributed by atoms with Gasteiger partial charge in [-0.15, -0.1) is 0 Å². The summed E-state index contributed by atoms with van der Waals surface area (Å²) in [7, 11) is 0. The Hall–Kier alpha value is -2.34. The van der Waals surface area contributed by atoms with Gasteiger partial charge >= 0.3 is 0 Å². The average molecular weight is 369 g/mol. The third-order valence-corrected chi connectivity index (χ3v) is 5.38. The molecule has 2 aliphatic heterocycles. The average Bonchev–Trinajstić information content (AvgIpc) is 3.34. The molecule has 1 atom stereocenters. The van der Waals surface area contributed by atoms with E-state index in [-0.39, 0.29) is 18.5 Å². The fourth-order valence-electron chi connectivity index (χ4n) is 3.90. The molecule has 1 aromatic heterocycles. The zero-order chi connectivity index (χ0) is 18.6. The molecular weight excluding hydrogens is 342 g/mol. The molecule has 0 spiro atoms. The molecule has 2 aromatic rings. The number of benzene rings is 1. The van der Waals surface area contributed by atoms with Gasteiger partial charge in [-0.25, -0.2) is 4.98 Å². The maximum absolute atomic E-state index is 13.0. The Labute approximate surface area is 159 Å². The lowest BCUT2D eigenvalue weighted by molar-refractivity contribution is 0.0810. The summed E-state index contributed by atoms with van der Waals surface area (Å²) in [6, 6.07) is 5.50. The van der Waals surface area contributed by atoms with Gasteiger partial charge in [0.2, 0.25) is 6.79 Å². The molecule has 1 fully saturated rings. The van der Waals surface area contributed by atoms with Gasteiger partial charge in [0.1, 0.15) is 5.82 Å². The van der Waals surface area contributed by atoms with Crippen LogP contribution in [0.3, 0.4) is 0 Å². The van der Waals surface area contributed by atoms with Crippen molar-refractivity contribution in [1.82, 2.24) is 14.9 Å². The lowest BCUT2D eigenvalue weighted by Crippen LogP contribution is -2.38. The summed E-state index contributed by atoms with van der Waals surface area (Å²) >= 11 is 0. The fraction of sp³-hybridized carbons (Fsp3) is 0.524. The van der Waals surface area contributed by atoms with Crippen molar-refractivity contribution >= 4 is 5.78 Å². The molecule has 1 aromatic carbocycles. The predicted octanol–water partition coefficient (Wildman–Crippen LogP) is 3.58. The number of aryl methyl sites for hydroxylation is 1. The molecule has 1 N–H and O–H groups in total. The summed E-state index contributed by atoms with van der Waals surface area (Å²) in [6.45, 7) is 5.05. The minimum atomic E-state index is 0.0293. The number of nitrogens with zero attached hydrogens (tertiary/aromatic N) is 2. The molecule has 27 heavy (non-hydrogen) atoms. The maximum atomic E-state index is 13.0. The maximum Gasteiger partial charge on any atom is 0.231 e. The number of ketones is 1. The SMILES string of the molecule is CCCCc1ncc(CN2CCCC(C(=O)c3ccc4c(c3)OCO4)C2)[nH]1. The van der Waals surface area contributed by atoms with Crippen molar-refractivity contribution in [3.05, 3.63) is 41.5 Å². The first-order chi connectivity index (χ1) is 13.2. The number of likely N-dealkylation sites (tertiary alicyclic amines) is 1. The number of piperidine rings is 1. The molecule has 6 heteroatoms. The zero-order valence-corrected chi connectivity index (χ0v) is 15.9. The van der Waals surface area contributed by atoms with E-state index in [1.807, 2.05) is 24.4 Å². The molecule has 0 saturated carbocycles. The number of aromatic amines is 1. The third-order valence-electron chi connectivity index (χ3n) is 5.38. The van der Waals surface area contributed by atoms with Gasteiger partial charge in [0, 0.05) is 42.9 Å². The topological polar surface area (TPSA) is 67.5 Å². The number of hydrogen-bond acceptors (Lipinski definition) is 5. The molecular formula is C21H27N3O3. The van der Waals surface area contributed by atoms with Crippen LogP contribution in [0.5, 0.6) is 11.5 Å². The second-order valence-corrected chi connectivity index (χ2v) is 7.47. The van der Waals surface area contributed by atoms with Gasteiger partial charge in [-0.05, 0) is 44.0 Å². The van der Waals surface area contributed by atoms with E-state index in [4.69, 9.17) is 9.47 Å². The van der Waals surface area contributed by atoms with Crippen molar-refractivity contribution in [1.29, 1.82) is 0 Å². The number of unbranched alkanes of at least 4 members (excludes halogenated alkanes) is 1. The molecule has 144 valence electrons. The van der Waals surface area contributed by atoms with E-state index in [0.29, 0.717) is 5.75 Å². The van der Waals surface area contributed by atoms with Crippen LogP contribution in [0.25, 0.3) is 0 Å². The van der Waals surface area contributed by atoms with Crippen molar-refractivity contribution in [3.8, 4) is 11.5 Å². The smallest absolute Gasteiger partial charge is 0.231 e. The van der Waals surface area contributed by atoms with E-state index >= 15 is 0 Å². The molecule has 0 amide bonds. The van der Waals surface area contributed by atoms with Crippen LogP contribution in [0.4, 0.5) is 0 Å². The van der Waals surface area contributed by atoms with Gasteiger partial charge in [0.15, 0.2) is 17.3 Å². The Bertz CT molecular complexity index is 802. The predicted molar refractivity (Wildman–Crippen MR) is 102 cm³/mol. The first-order valence-corrected chi connectivity index (χ1v) is 9.92. The first kappa shape index (κ1) is 18.0. The summed E-state index contributed by atoms with van der Waals surface area (Å²) < 4.78 is 10.7. The van der Waals surface area contributed by atoms with Gasteiger partial charge in [-0.1, -0.05) is 13.3 Å². The highest BCUT2D eigenvalue weighted by Gasteiger charge is 2.28. The number of imidazole rings is 1. The van der Waals surface area contributed by atoms with Crippen LogP contribution in [0.2, 0.25) is 0 Å². The molecule has 0 radical (unpaired) electrons. The lowest BCUT2D eigenvalue weighted by Gasteiger charge is -2.31. The fourth-order valence-corrected chi connectivity index (χ4v) is 3.90. The summed E-state index contributed by atoms with van der Waals surface area (Å²) in [4.78, 5) is 23.2. The standard InChI is InChI=1S/C21H27N3O3/c1-2-3-6-20-22-11-17(23-20)13-24-9-4-5-16(12-24)21(25)15-7-8-18-19(10-15)27-14-26-18/h7-8,10-11,16H,2-6,9,12-14H2,1H3,(H,22,23). The van der Waals surface area contributed by atoms with Gasteiger partial charge in [0.25, 0.3) is 0 Å². The van der Waals surface area contributed by atoms with Crippen LogP contribution < -0.4 is 9.47 Å². The summed E-state index contributed by atoms with van der Waals surface area (Å²) in [5.74, 6) is 2.69. The van der Waals surface area contributed by atoms with E-state index in [1.54, 1.807) is 0 Å². The second-order valence-electron chi connectivity index (χ2n) is 7.47. The van der Waals surface area contributed by atoms with Crippen molar-refractivity contribution in [2.24, 2.45) is 5.92 Å². The molecule has 2 aliphatic rings. The highest BCUT2D eigenvalue weighted by molar-refractivity contribution is 5.98. The largest absolute Gasteiger partial charge is 0.454 e. The number of aromatic nitrogens is 2. The molecule has 6 nitrogen and oxygen atoms in total. The van der Waals surface area contributed by atoms with E-state index in [2.05, 4.69) is 21.8 Å². The number of carbonyl (C=O) groups excluding carboxylic acids is 1. The number of ether oxygens (including phenoxy) is 2. The first-order valence-electron chi connectivity index (χ1n) is 9.92. The normalized spacial score (nSPS) is 19.4. The molecule has 4 rings (SSSR count). The number of hydrogen-bond donors (Lipinski definition) is 1. The van der Waals surface area contributed by atoms with Crippen molar-refractivity contribution < 1.29 is 14.3 Å². The summed E-state index contributed by atoms with van der Waals surface area (Å²) in [5, 5.41) is 0. The summed E-state index contributed by atoms with van der Waals surface area (Å²) in [6.07, 6.45) is 7.25. The Morgan fingerprint density at radius 2 is 2.22 bits per heavy atom. The number of nitrogens with one attached hydrogen (secondary N) is 1. The molecule has 0 bridgehead atoms. The highest BCUT2D eigenvalue weighted by Crippen LogP contribution is 2.34. The van der Waals surface area contributed by atoms with Crippen molar-refractivity contribution in [3.63, 3.8) is 0 Å². The van der Waals surface area contributed by atoms with Crippen LogP contribution in [0.15, 0.2) is 24.4 Å². The second kappa shape index (κ2) is 8.13. The van der Waals surface area contributed by atoms with E-state index < -0.39 is 0 Å². The van der Waals surface area contributed by atoms with Gasteiger partial charge < -0.3 is 14.5 Å². The Morgan fingerprint density at radius 1 is 1.33 bits per heavy atom. The zero-order valence-electron chi connectivity index (χ0n) is 15.9. The highest BCUT2D eigenvalue weighted by atomic mass is 16.7. The number of Topliss-reactive ketones (excluding diaryl/α,β-unsaturated/α-hetero) is 1. The van der Waals surface area contributed by atoms with Gasteiger partial charge in [0.05, 0.1) is 0 Å². The number of H-pyrrole nitrogens is 1. The van der Waals surface area contributed by atoms with Crippen LogP contribution in [0, 0.1) is 5.92 Å². The Balaban J connectivity index is 1.37. The quantitative estimate of drug-likeness (QED) is 0.756. The monoisotopic (exact) mass is 369 g/mol. The minimum Gasteiger partial charge on any atom is -0.454 e. The van der Waals surface area contributed by atoms with Crippen LogP contribution in [-0.4, -0.2) is 40.5 Å². The molecule has 3 heterocycles. The number of fused-ring (bicyclic) bond motifs is 1. The van der Waals surface area contributed by atoms with Crippen LogP contribution in [0.1, 0.15) is 54.5 Å². The van der Waals surface area contributed by atoms with Crippen LogP contribution >= 0.6 is 0 Å². The summed E-state index contributed by atoms with van der Waals surface area (Å²) in [5.41, 5.74) is 1.85. The third kappa shape index (κ3) is 4.16. The van der Waals surface area contributed by atoms with E-state index in [1.165, 1.54) is 6.42 Å². The molecule has 1 saturated heterocycles. The van der Waals surface area contributed by atoms with Crippen molar-refractivity contribution in [2.75, 3.05) is 19.9 Å². The minimum absolute atomic E-state index is 0.0293.